The van der Waals surface area contributed by atoms with Gasteiger partial charge in [-0.1, -0.05) is 12.1 Å². The number of thiophene rings is 1. The van der Waals surface area contributed by atoms with Crippen molar-refractivity contribution in [3.8, 4) is 6.07 Å². The van der Waals surface area contributed by atoms with Crippen LogP contribution in [0.15, 0.2) is 41.1 Å². The van der Waals surface area contributed by atoms with Crippen molar-refractivity contribution in [2.45, 2.75) is 19.1 Å². The summed E-state index contributed by atoms with van der Waals surface area (Å²) in [6, 6.07) is 10.6. The highest BCUT2D eigenvalue weighted by Gasteiger charge is 2.24. The molecule has 114 valence electrons. The highest BCUT2D eigenvalue weighted by Crippen LogP contribution is 2.21. The summed E-state index contributed by atoms with van der Waals surface area (Å²) in [6.45, 7) is 2.10. The van der Waals surface area contributed by atoms with E-state index >= 15 is 0 Å². The fraction of sp³-hybridized carbons (Fsp3) is 0.250. The molecule has 1 aromatic carbocycles. The molecule has 3 N–H and O–H groups in total. The van der Waals surface area contributed by atoms with E-state index in [9.17, 15) is 9.90 Å². The average Bonchev–Trinajstić information content (AvgIpc) is 3.06. The lowest BCUT2D eigenvalue weighted by Gasteiger charge is -2.22. The van der Waals surface area contributed by atoms with Gasteiger partial charge in [-0.3, -0.25) is 0 Å². The molecule has 5 nitrogen and oxygen atoms in total. The molecule has 0 aliphatic carbocycles. The van der Waals surface area contributed by atoms with Crippen molar-refractivity contribution in [1.82, 2.24) is 10.6 Å². The Kier molecular flexibility index (Phi) is 5.15. The van der Waals surface area contributed by atoms with Crippen molar-refractivity contribution in [2.75, 3.05) is 6.54 Å². The van der Waals surface area contributed by atoms with E-state index in [0.29, 0.717) is 12.1 Å². The normalized spacial score (nSPS) is 13.0. The van der Waals surface area contributed by atoms with Gasteiger partial charge < -0.3 is 15.7 Å². The van der Waals surface area contributed by atoms with Crippen LogP contribution in [0, 0.1) is 11.3 Å². The molecule has 2 rings (SSSR count). The van der Waals surface area contributed by atoms with E-state index in [1.807, 2.05) is 22.9 Å². The summed E-state index contributed by atoms with van der Waals surface area (Å²) in [5.41, 5.74) is 1.08. The van der Waals surface area contributed by atoms with E-state index in [0.717, 1.165) is 11.1 Å². The number of nitriles is 1. The van der Waals surface area contributed by atoms with Gasteiger partial charge in [-0.15, -0.1) is 0 Å². The third-order valence-corrected chi connectivity index (χ3v) is 3.93. The third kappa shape index (κ3) is 4.32. The van der Waals surface area contributed by atoms with Crippen LogP contribution in [-0.2, 0) is 12.1 Å². The molecule has 6 heteroatoms. The first-order valence-corrected chi connectivity index (χ1v) is 7.71. The van der Waals surface area contributed by atoms with E-state index < -0.39 is 5.60 Å². The number of benzene rings is 1. The van der Waals surface area contributed by atoms with E-state index in [1.165, 1.54) is 11.3 Å². The molecule has 0 bridgehead atoms. The quantitative estimate of drug-likeness (QED) is 0.791. The van der Waals surface area contributed by atoms with E-state index in [2.05, 4.69) is 16.7 Å². The molecule has 0 aliphatic heterocycles. The highest BCUT2D eigenvalue weighted by atomic mass is 32.1. The SMILES string of the molecule is CC(O)(CNC(=O)NCc1cccc(C#N)c1)c1ccsc1. The maximum Gasteiger partial charge on any atom is 0.315 e. The van der Waals surface area contributed by atoms with Crippen LogP contribution in [-0.4, -0.2) is 17.7 Å². The summed E-state index contributed by atoms with van der Waals surface area (Å²) in [5, 5.41) is 28.2. The summed E-state index contributed by atoms with van der Waals surface area (Å²) in [4.78, 5) is 11.8. The zero-order chi connectivity index (χ0) is 16.0. The van der Waals surface area contributed by atoms with Crippen molar-refractivity contribution < 1.29 is 9.90 Å². The second kappa shape index (κ2) is 7.07. The smallest absolute Gasteiger partial charge is 0.315 e. The molecule has 2 aromatic rings. The Morgan fingerprint density at radius 3 is 2.91 bits per heavy atom. The molecule has 1 unspecified atom stereocenters. The lowest BCUT2D eigenvalue weighted by molar-refractivity contribution is 0.0598. The van der Waals surface area contributed by atoms with Gasteiger partial charge in [-0.05, 0) is 47.0 Å². The zero-order valence-corrected chi connectivity index (χ0v) is 13.0. The van der Waals surface area contributed by atoms with Gasteiger partial charge in [0, 0.05) is 6.54 Å². The molecule has 1 aromatic heterocycles. The second-order valence-corrected chi connectivity index (χ2v) is 5.91. The van der Waals surface area contributed by atoms with Crippen LogP contribution in [0.3, 0.4) is 0 Å². The Morgan fingerprint density at radius 1 is 1.41 bits per heavy atom. The minimum atomic E-state index is -1.10. The van der Waals surface area contributed by atoms with Crippen molar-refractivity contribution >= 4 is 17.4 Å². The van der Waals surface area contributed by atoms with Gasteiger partial charge in [-0.2, -0.15) is 16.6 Å². The first-order chi connectivity index (χ1) is 10.5. The Morgan fingerprint density at radius 2 is 2.23 bits per heavy atom. The predicted molar refractivity (Wildman–Crippen MR) is 85.3 cm³/mol. The van der Waals surface area contributed by atoms with Crippen LogP contribution < -0.4 is 10.6 Å². The molecular weight excluding hydrogens is 298 g/mol. The monoisotopic (exact) mass is 315 g/mol. The molecule has 0 radical (unpaired) electrons. The molecule has 1 heterocycles. The van der Waals surface area contributed by atoms with Crippen LogP contribution in [0.25, 0.3) is 0 Å². The maximum atomic E-state index is 11.8. The van der Waals surface area contributed by atoms with Crippen LogP contribution in [0.4, 0.5) is 4.79 Å². The molecule has 0 saturated carbocycles. The van der Waals surface area contributed by atoms with Gasteiger partial charge in [0.25, 0.3) is 0 Å². The number of carbonyl (C=O) groups excluding carboxylic acids is 1. The highest BCUT2D eigenvalue weighted by molar-refractivity contribution is 7.08. The van der Waals surface area contributed by atoms with Gasteiger partial charge in [0.05, 0.1) is 18.2 Å². The first-order valence-electron chi connectivity index (χ1n) is 6.77. The van der Waals surface area contributed by atoms with E-state index in [4.69, 9.17) is 5.26 Å². The number of hydrogen-bond acceptors (Lipinski definition) is 4. The first kappa shape index (κ1) is 16.0. The number of amides is 2. The lowest BCUT2D eigenvalue weighted by atomic mass is 9.99. The summed E-state index contributed by atoms with van der Waals surface area (Å²) in [6.07, 6.45) is 0. The van der Waals surface area contributed by atoms with Gasteiger partial charge >= 0.3 is 6.03 Å². The number of carbonyl (C=O) groups is 1. The summed E-state index contributed by atoms with van der Waals surface area (Å²) in [5.74, 6) is 0. The largest absolute Gasteiger partial charge is 0.384 e. The van der Waals surface area contributed by atoms with Gasteiger partial charge in [0.2, 0.25) is 0 Å². The Bertz CT molecular complexity index is 675. The average molecular weight is 315 g/mol. The molecule has 22 heavy (non-hydrogen) atoms. The van der Waals surface area contributed by atoms with Crippen molar-refractivity contribution in [3.05, 3.63) is 57.8 Å². The number of rotatable bonds is 5. The third-order valence-electron chi connectivity index (χ3n) is 3.25. The Hall–Kier alpha value is -2.36. The van der Waals surface area contributed by atoms with Gasteiger partial charge in [0.1, 0.15) is 5.60 Å². The molecule has 0 aliphatic rings. The van der Waals surface area contributed by atoms with Gasteiger partial charge in [0.15, 0.2) is 0 Å². The predicted octanol–water partition coefficient (Wildman–Crippen LogP) is 2.33. The van der Waals surface area contributed by atoms with Crippen molar-refractivity contribution in [3.63, 3.8) is 0 Å². The zero-order valence-electron chi connectivity index (χ0n) is 12.2. The minimum absolute atomic E-state index is 0.119. The fourth-order valence-corrected chi connectivity index (χ4v) is 2.70. The molecule has 2 amide bonds. The van der Waals surface area contributed by atoms with E-state index in [1.54, 1.807) is 25.1 Å². The minimum Gasteiger partial charge on any atom is -0.384 e. The topological polar surface area (TPSA) is 85.2 Å². The number of aliphatic hydroxyl groups is 1. The maximum absolute atomic E-state index is 11.8. The van der Waals surface area contributed by atoms with E-state index in [-0.39, 0.29) is 12.6 Å². The summed E-state index contributed by atoms with van der Waals surface area (Å²) in [7, 11) is 0. The molecular formula is C16H17N3O2S. The standard InChI is InChI=1S/C16H17N3O2S/c1-16(21,14-5-6-22-10-14)11-19-15(20)18-9-13-4-2-3-12(7-13)8-17/h2-7,10,21H,9,11H2,1H3,(H2,18,19,20). The molecule has 0 fully saturated rings. The van der Waals surface area contributed by atoms with Crippen LogP contribution in [0.1, 0.15) is 23.6 Å². The number of hydrogen-bond donors (Lipinski definition) is 3. The van der Waals surface area contributed by atoms with Crippen LogP contribution in [0.5, 0.6) is 0 Å². The lowest BCUT2D eigenvalue weighted by Crippen LogP contribution is -2.43. The van der Waals surface area contributed by atoms with Gasteiger partial charge in [-0.25, -0.2) is 4.79 Å². The Labute approximate surface area is 133 Å². The number of urea groups is 1. The van der Waals surface area contributed by atoms with Crippen molar-refractivity contribution in [2.24, 2.45) is 0 Å². The molecule has 1 atom stereocenters. The van der Waals surface area contributed by atoms with Crippen molar-refractivity contribution in [1.29, 1.82) is 5.26 Å². The summed E-state index contributed by atoms with van der Waals surface area (Å²) < 4.78 is 0. The summed E-state index contributed by atoms with van der Waals surface area (Å²) >= 11 is 1.50. The second-order valence-electron chi connectivity index (χ2n) is 5.13. The van der Waals surface area contributed by atoms with Crippen LogP contribution in [0.2, 0.25) is 0 Å². The molecule has 0 saturated heterocycles. The van der Waals surface area contributed by atoms with Crippen LogP contribution >= 0.6 is 11.3 Å². The number of nitrogens with zero attached hydrogens (tertiary/aromatic N) is 1. The fourth-order valence-electron chi connectivity index (χ4n) is 1.92. The number of nitrogens with one attached hydrogen (secondary N) is 2. The molecule has 0 spiro atoms. The Balaban J connectivity index is 1.82.